The fourth-order valence-electron chi connectivity index (χ4n) is 2.13. The van der Waals surface area contributed by atoms with E-state index >= 15 is 0 Å². The highest BCUT2D eigenvalue weighted by Gasteiger charge is 2.24. The number of hydrogen-bond donors (Lipinski definition) is 2. The van der Waals surface area contributed by atoms with Crippen LogP contribution in [0.1, 0.15) is 30.1 Å². The Morgan fingerprint density at radius 1 is 1.50 bits per heavy atom. The molecule has 5 nitrogen and oxygen atoms in total. The van der Waals surface area contributed by atoms with E-state index in [4.69, 9.17) is 5.73 Å². The normalized spacial score (nSPS) is 24.6. The van der Waals surface area contributed by atoms with E-state index in [1.807, 2.05) is 0 Å². The summed E-state index contributed by atoms with van der Waals surface area (Å²) in [5.74, 6) is 0. The Morgan fingerprint density at radius 2 is 2.25 bits per heavy atom. The second kappa shape index (κ2) is 4.19. The van der Waals surface area contributed by atoms with Gasteiger partial charge < -0.3 is 10.8 Å². The Hall–Kier alpha value is -1.46. The molecule has 0 spiro atoms. The predicted molar refractivity (Wildman–Crippen MR) is 59.0 cm³/mol. The first-order valence-electron chi connectivity index (χ1n) is 5.30. The molecule has 86 valence electrons. The monoisotopic (exact) mass is 222 g/mol. The SMILES string of the molecule is N[C@H]1CCCc2cc([N+](=O)[O-])ccc2[C@@H]1O. The molecule has 0 bridgehead atoms. The maximum atomic E-state index is 10.6. The first-order valence-corrected chi connectivity index (χ1v) is 5.30. The van der Waals surface area contributed by atoms with Crippen molar-refractivity contribution in [3.8, 4) is 0 Å². The third-order valence-electron chi connectivity index (χ3n) is 3.05. The summed E-state index contributed by atoms with van der Waals surface area (Å²) in [5, 5.41) is 20.6. The molecule has 0 radical (unpaired) electrons. The van der Waals surface area contributed by atoms with Crippen LogP contribution in [0.5, 0.6) is 0 Å². The first kappa shape index (κ1) is 11.0. The fraction of sp³-hybridized carbons (Fsp3) is 0.455. The summed E-state index contributed by atoms with van der Waals surface area (Å²) in [6.07, 6.45) is 1.62. The molecular formula is C11H14N2O3. The summed E-state index contributed by atoms with van der Waals surface area (Å²) in [6.45, 7) is 0. The van der Waals surface area contributed by atoms with Gasteiger partial charge in [0.25, 0.3) is 5.69 Å². The molecule has 1 aromatic rings. The Bertz CT molecular complexity index is 420. The van der Waals surface area contributed by atoms with Gasteiger partial charge >= 0.3 is 0 Å². The number of nitro groups is 1. The maximum Gasteiger partial charge on any atom is 0.269 e. The molecule has 0 saturated carbocycles. The van der Waals surface area contributed by atoms with Crippen LogP contribution in [-0.4, -0.2) is 16.1 Å². The van der Waals surface area contributed by atoms with Crippen molar-refractivity contribution in [3.05, 3.63) is 39.4 Å². The van der Waals surface area contributed by atoms with Crippen LogP contribution in [0.25, 0.3) is 0 Å². The van der Waals surface area contributed by atoms with E-state index in [1.165, 1.54) is 12.1 Å². The van der Waals surface area contributed by atoms with Crippen molar-refractivity contribution in [1.82, 2.24) is 0 Å². The number of nitrogens with zero attached hydrogens (tertiary/aromatic N) is 1. The van der Waals surface area contributed by atoms with Crippen molar-refractivity contribution in [1.29, 1.82) is 0 Å². The molecule has 1 aliphatic rings. The van der Waals surface area contributed by atoms with Gasteiger partial charge in [0.1, 0.15) is 0 Å². The van der Waals surface area contributed by atoms with Crippen molar-refractivity contribution in [2.45, 2.75) is 31.4 Å². The predicted octanol–water partition coefficient (Wildman–Crippen LogP) is 1.29. The van der Waals surface area contributed by atoms with Crippen LogP contribution in [0.4, 0.5) is 5.69 Å². The Kier molecular flexibility index (Phi) is 2.89. The third kappa shape index (κ3) is 1.91. The van der Waals surface area contributed by atoms with Gasteiger partial charge in [0.05, 0.1) is 11.0 Å². The number of non-ortho nitro benzene ring substituents is 1. The van der Waals surface area contributed by atoms with Gasteiger partial charge in [0.15, 0.2) is 0 Å². The van der Waals surface area contributed by atoms with Crippen LogP contribution >= 0.6 is 0 Å². The quantitative estimate of drug-likeness (QED) is 0.425. The third-order valence-corrected chi connectivity index (χ3v) is 3.05. The molecule has 0 fully saturated rings. The number of aryl methyl sites for hydroxylation is 1. The van der Waals surface area contributed by atoms with Gasteiger partial charge in [-0.15, -0.1) is 0 Å². The number of aliphatic hydroxyl groups is 1. The lowest BCUT2D eigenvalue weighted by molar-refractivity contribution is -0.384. The highest BCUT2D eigenvalue weighted by molar-refractivity contribution is 5.42. The maximum absolute atomic E-state index is 10.6. The van der Waals surface area contributed by atoms with E-state index in [9.17, 15) is 15.2 Å². The number of fused-ring (bicyclic) bond motifs is 1. The van der Waals surface area contributed by atoms with Gasteiger partial charge in [-0.3, -0.25) is 10.1 Å². The van der Waals surface area contributed by atoms with E-state index in [0.717, 1.165) is 30.4 Å². The summed E-state index contributed by atoms with van der Waals surface area (Å²) >= 11 is 0. The lowest BCUT2D eigenvalue weighted by Gasteiger charge is -2.17. The molecule has 0 aromatic heterocycles. The minimum absolute atomic E-state index is 0.0708. The number of aliphatic hydroxyl groups excluding tert-OH is 1. The smallest absolute Gasteiger partial charge is 0.269 e. The molecule has 0 heterocycles. The van der Waals surface area contributed by atoms with Crippen molar-refractivity contribution >= 4 is 5.69 Å². The number of nitrogens with two attached hydrogens (primary N) is 1. The number of nitro benzene ring substituents is 1. The minimum Gasteiger partial charge on any atom is -0.387 e. The van der Waals surface area contributed by atoms with Gasteiger partial charge in [-0.05, 0) is 36.5 Å². The average molecular weight is 222 g/mol. The van der Waals surface area contributed by atoms with E-state index < -0.39 is 11.0 Å². The van der Waals surface area contributed by atoms with Crippen molar-refractivity contribution in [3.63, 3.8) is 0 Å². The molecule has 16 heavy (non-hydrogen) atoms. The van der Waals surface area contributed by atoms with Crippen LogP contribution in [0.3, 0.4) is 0 Å². The largest absolute Gasteiger partial charge is 0.387 e. The average Bonchev–Trinajstić information content (AvgIpc) is 2.40. The zero-order valence-electron chi connectivity index (χ0n) is 8.80. The van der Waals surface area contributed by atoms with Crippen molar-refractivity contribution < 1.29 is 10.0 Å². The Morgan fingerprint density at radius 3 is 2.94 bits per heavy atom. The molecular weight excluding hydrogens is 208 g/mol. The number of hydrogen-bond acceptors (Lipinski definition) is 4. The van der Waals surface area contributed by atoms with Crippen molar-refractivity contribution in [2.24, 2.45) is 5.73 Å². The Balaban J connectivity index is 2.43. The van der Waals surface area contributed by atoms with Gasteiger partial charge in [-0.25, -0.2) is 0 Å². The van der Waals surface area contributed by atoms with Crippen LogP contribution in [0.2, 0.25) is 0 Å². The highest BCUT2D eigenvalue weighted by atomic mass is 16.6. The molecule has 1 aromatic carbocycles. The first-order chi connectivity index (χ1) is 7.59. The van der Waals surface area contributed by atoms with Crippen LogP contribution in [0.15, 0.2) is 18.2 Å². The number of benzene rings is 1. The van der Waals surface area contributed by atoms with Crippen molar-refractivity contribution in [2.75, 3.05) is 0 Å². The van der Waals surface area contributed by atoms with Gasteiger partial charge in [-0.2, -0.15) is 0 Å². The lowest BCUT2D eigenvalue weighted by Crippen LogP contribution is -2.27. The zero-order valence-corrected chi connectivity index (χ0v) is 8.80. The second-order valence-electron chi connectivity index (χ2n) is 4.14. The van der Waals surface area contributed by atoms with Crippen LogP contribution in [0, 0.1) is 10.1 Å². The topological polar surface area (TPSA) is 89.4 Å². The van der Waals surface area contributed by atoms with Crippen LogP contribution in [-0.2, 0) is 6.42 Å². The molecule has 0 unspecified atom stereocenters. The standard InChI is InChI=1S/C11H14N2O3/c12-10-3-1-2-7-6-8(13(15)16)4-5-9(7)11(10)14/h4-6,10-11,14H,1-3,12H2/t10-,11-/m0/s1. The number of rotatable bonds is 1. The van der Waals surface area contributed by atoms with Gasteiger partial charge in [0, 0.05) is 18.2 Å². The van der Waals surface area contributed by atoms with E-state index in [0.29, 0.717) is 0 Å². The molecule has 5 heteroatoms. The van der Waals surface area contributed by atoms with E-state index in [-0.39, 0.29) is 11.7 Å². The molecule has 1 aliphatic carbocycles. The Labute approximate surface area is 93.0 Å². The molecule has 2 rings (SSSR count). The van der Waals surface area contributed by atoms with E-state index in [1.54, 1.807) is 6.07 Å². The molecule has 2 atom stereocenters. The summed E-state index contributed by atoms with van der Waals surface area (Å²) in [5.41, 5.74) is 7.45. The zero-order chi connectivity index (χ0) is 11.7. The summed E-state index contributed by atoms with van der Waals surface area (Å²) in [6, 6.07) is 4.29. The summed E-state index contributed by atoms with van der Waals surface area (Å²) in [4.78, 5) is 10.2. The second-order valence-corrected chi connectivity index (χ2v) is 4.14. The minimum atomic E-state index is -0.710. The molecule has 0 saturated heterocycles. The highest BCUT2D eigenvalue weighted by Crippen LogP contribution is 2.30. The summed E-state index contributed by atoms with van der Waals surface area (Å²) < 4.78 is 0. The molecule has 3 N–H and O–H groups in total. The lowest BCUT2D eigenvalue weighted by atomic mass is 9.99. The summed E-state index contributed by atoms with van der Waals surface area (Å²) in [7, 11) is 0. The van der Waals surface area contributed by atoms with Gasteiger partial charge in [0.2, 0.25) is 0 Å². The fourth-order valence-corrected chi connectivity index (χ4v) is 2.13. The van der Waals surface area contributed by atoms with Gasteiger partial charge in [-0.1, -0.05) is 0 Å². The molecule has 0 amide bonds. The molecule has 0 aliphatic heterocycles. The van der Waals surface area contributed by atoms with Crippen LogP contribution < -0.4 is 5.73 Å². The van der Waals surface area contributed by atoms with E-state index in [2.05, 4.69) is 0 Å².